The molecular formula is C25H32O3. The smallest absolute Gasteiger partial charge is 0.193 e. The van der Waals surface area contributed by atoms with E-state index in [0.29, 0.717) is 17.0 Å². The average Bonchev–Trinajstić information content (AvgIpc) is 2.73. The number of carbonyl (C=O) groups is 1. The first-order chi connectivity index (χ1) is 13.3. The molecule has 0 aliphatic heterocycles. The van der Waals surface area contributed by atoms with E-state index in [1.54, 1.807) is 0 Å². The van der Waals surface area contributed by atoms with Crippen LogP contribution in [-0.4, -0.2) is 11.4 Å². The predicted molar refractivity (Wildman–Crippen MR) is 112 cm³/mol. The lowest BCUT2D eigenvalue weighted by Gasteiger charge is -2.38. The highest BCUT2D eigenvalue weighted by molar-refractivity contribution is 6.08. The molecule has 1 aliphatic rings. The van der Waals surface area contributed by atoms with Crippen molar-refractivity contribution in [1.82, 2.24) is 0 Å². The minimum atomic E-state index is -0.597. The zero-order valence-corrected chi connectivity index (χ0v) is 17.5. The molecular weight excluding hydrogens is 348 g/mol. The second-order valence-electron chi connectivity index (χ2n) is 8.89. The molecule has 0 aromatic heterocycles. The Hall–Kier alpha value is -1.97. The van der Waals surface area contributed by atoms with E-state index in [9.17, 15) is 4.79 Å². The molecule has 0 N–H and O–H groups in total. The van der Waals surface area contributed by atoms with Gasteiger partial charge in [0.25, 0.3) is 0 Å². The lowest BCUT2D eigenvalue weighted by molar-refractivity contribution is -0.415. The molecule has 1 aliphatic carbocycles. The first-order valence-corrected chi connectivity index (χ1v) is 10.4. The summed E-state index contributed by atoms with van der Waals surface area (Å²) in [5, 5.41) is 0. The molecule has 2 aromatic carbocycles. The summed E-state index contributed by atoms with van der Waals surface area (Å²) in [4.78, 5) is 24.5. The third-order valence-corrected chi connectivity index (χ3v) is 5.93. The van der Waals surface area contributed by atoms with Crippen molar-refractivity contribution in [3.05, 3.63) is 71.3 Å². The normalized spacial score (nSPS) is 16.1. The van der Waals surface area contributed by atoms with Gasteiger partial charge in [-0.05, 0) is 52.0 Å². The Bertz CT molecular complexity index is 769. The fraction of sp³-hybridized carbons (Fsp3) is 0.480. The Morgan fingerprint density at radius 2 is 1.36 bits per heavy atom. The molecule has 0 amide bonds. The van der Waals surface area contributed by atoms with Crippen molar-refractivity contribution in [2.45, 2.75) is 71.0 Å². The molecule has 1 fully saturated rings. The van der Waals surface area contributed by atoms with Gasteiger partial charge in [-0.2, -0.15) is 0 Å². The fourth-order valence-electron chi connectivity index (χ4n) is 3.90. The molecule has 0 heterocycles. The standard InChI is InChI=1S/C25H32O3/c1-24(2,21-13-9-6-10-14-21)27-28-25(3,4)22-17-15-20(16-18-22)23(26)19-11-7-5-8-12-19/h5,7-8,11-12,15-18,21H,6,9-10,13-14H2,1-4H3. The molecule has 0 atom stereocenters. The van der Waals surface area contributed by atoms with Crippen molar-refractivity contribution in [3.8, 4) is 0 Å². The Morgan fingerprint density at radius 1 is 0.786 bits per heavy atom. The molecule has 3 heteroatoms. The highest BCUT2D eigenvalue weighted by atomic mass is 17.2. The molecule has 150 valence electrons. The third-order valence-electron chi connectivity index (χ3n) is 5.93. The Labute approximate surface area is 169 Å². The van der Waals surface area contributed by atoms with Gasteiger partial charge in [-0.25, -0.2) is 9.78 Å². The minimum absolute atomic E-state index is 0.0283. The van der Waals surface area contributed by atoms with Gasteiger partial charge in [0.1, 0.15) is 11.2 Å². The SMILES string of the molecule is CC(C)(OOC(C)(C)C1CCCCC1)c1ccc(C(=O)c2ccccc2)cc1. The van der Waals surface area contributed by atoms with E-state index in [0.717, 1.165) is 5.56 Å². The number of ketones is 1. The summed E-state index contributed by atoms with van der Waals surface area (Å²) in [5.74, 6) is 0.559. The second kappa shape index (κ2) is 8.59. The van der Waals surface area contributed by atoms with Gasteiger partial charge >= 0.3 is 0 Å². The van der Waals surface area contributed by atoms with E-state index in [1.165, 1.54) is 32.1 Å². The van der Waals surface area contributed by atoms with E-state index in [-0.39, 0.29) is 11.4 Å². The minimum Gasteiger partial charge on any atom is -0.289 e. The summed E-state index contributed by atoms with van der Waals surface area (Å²) >= 11 is 0. The summed E-state index contributed by atoms with van der Waals surface area (Å²) in [7, 11) is 0. The fourth-order valence-corrected chi connectivity index (χ4v) is 3.90. The monoisotopic (exact) mass is 380 g/mol. The van der Waals surface area contributed by atoms with Gasteiger partial charge in [0.05, 0.1) is 0 Å². The van der Waals surface area contributed by atoms with Crippen LogP contribution in [-0.2, 0) is 15.4 Å². The molecule has 0 spiro atoms. The largest absolute Gasteiger partial charge is 0.289 e. The summed E-state index contributed by atoms with van der Waals surface area (Å²) in [6.07, 6.45) is 6.28. The second-order valence-corrected chi connectivity index (χ2v) is 8.89. The topological polar surface area (TPSA) is 35.5 Å². The van der Waals surface area contributed by atoms with Crippen LogP contribution in [0, 0.1) is 5.92 Å². The third kappa shape index (κ3) is 4.89. The highest BCUT2D eigenvalue weighted by Gasteiger charge is 2.35. The van der Waals surface area contributed by atoms with Gasteiger partial charge in [-0.3, -0.25) is 4.79 Å². The molecule has 0 bridgehead atoms. The summed E-state index contributed by atoms with van der Waals surface area (Å²) in [5.41, 5.74) is 1.45. The number of benzene rings is 2. The number of hydrogen-bond acceptors (Lipinski definition) is 3. The Balaban J connectivity index is 1.65. The molecule has 3 rings (SSSR count). The maximum absolute atomic E-state index is 12.6. The van der Waals surface area contributed by atoms with E-state index < -0.39 is 5.60 Å². The number of carbonyl (C=O) groups excluding carboxylic acids is 1. The van der Waals surface area contributed by atoms with Crippen LogP contribution in [0.25, 0.3) is 0 Å². The van der Waals surface area contributed by atoms with Crippen molar-refractivity contribution in [1.29, 1.82) is 0 Å². The zero-order chi connectivity index (χ0) is 20.2. The van der Waals surface area contributed by atoms with Crippen LogP contribution in [0.2, 0.25) is 0 Å². The van der Waals surface area contributed by atoms with Gasteiger partial charge in [0.15, 0.2) is 5.78 Å². The average molecular weight is 381 g/mol. The van der Waals surface area contributed by atoms with Gasteiger partial charge in [0.2, 0.25) is 0 Å². The molecule has 0 saturated heterocycles. The maximum atomic E-state index is 12.6. The molecule has 2 aromatic rings. The molecule has 3 nitrogen and oxygen atoms in total. The van der Waals surface area contributed by atoms with Crippen molar-refractivity contribution >= 4 is 5.78 Å². The van der Waals surface area contributed by atoms with E-state index in [1.807, 2.05) is 68.4 Å². The molecule has 28 heavy (non-hydrogen) atoms. The predicted octanol–water partition coefficient (Wildman–Crippen LogP) is 6.46. The van der Waals surface area contributed by atoms with Crippen LogP contribution < -0.4 is 0 Å². The van der Waals surface area contributed by atoms with Gasteiger partial charge in [-0.1, -0.05) is 73.9 Å². The van der Waals surface area contributed by atoms with Crippen molar-refractivity contribution < 1.29 is 14.6 Å². The maximum Gasteiger partial charge on any atom is 0.193 e. The van der Waals surface area contributed by atoms with Crippen LogP contribution in [0.4, 0.5) is 0 Å². The van der Waals surface area contributed by atoms with Crippen molar-refractivity contribution in [2.75, 3.05) is 0 Å². The van der Waals surface area contributed by atoms with Gasteiger partial charge in [0, 0.05) is 11.1 Å². The van der Waals surface area contributed by atoms with E-state index in [2.05, 4.69) is 13.8 Å². The molecule has 0 unspecified atom stereocenters. The van der Waals surface area contributed by atoms with Crippen LogP contribution in [0.1, 0.15) is 81.3 Å². The summed E-state index contributed by atoms with van der Waals surface area (Å²) in [6, 6.07) is 17.0. The first kappa shape index (κ1) is 20.8. The van der Waals surface area contributed by atoms with E-state index >= 15 is 0 Å². The molecule has 0 radical (unpaired) electrons. The van der Waals surface area contributed by atoms with Crippen LogP contribution in [0.5, 0.6) is 0 Å². The quantitative estimate of drug-likeness (QED) is 0.314. The van der Waals surface area contributed by atoms with Gasteiger partial charge in [-0.15, -0.1) is 0 Å². The van der Waals surface area contributed by atoms with Crippen LogP contribution in [0.15, 0.2) is 54.6 Å². The lowest BCUT2D eigenvalue weighted by atomic mass is 9.79. The number of rotatable bonds is 7. The Kier molecular flexibility index (Phi) is 6.36. The molecule has 1 saturated carbocycles. The summed E-state index contributed by atoms with van der Waals surface area (Å²) in [6.45, 7) is 8.25. The lowest BCUT2D eigenvalue weighted by Crippen LogP contribution is -2.38. The first-order valence-electron chi connectivity index (χ1n) is 10.4. The van der Waals surface area contributed by atoms with Crippen molar-refractivity contribution in [3.63, 3.8) is 0 Å². The summed E-state index contributed by atoms with van der Waals surface area (Å²) < 4.78 is 0. The highest BCUT2D eigenvalue weighted by Crippen LogP contribution is 2.37. The van der Waals surface area contributed by atoms with Crippen molar-refractivity contribution in [2.24, 2.45) is 5.92 Å². The Morgan fingerprint density at radius 3 is 1.96 bits per heavy atom. The van der Waals surface area contributed by atoms with Gasteiger partial charge < -0.3 is 0 Å². The number of hydrogen-bond donors (Lipinski definition) is 0. The zero-order valence-electron chi connectivity index (χ0n) is 17.5. The van der Waals surface area contributed by atoms with Crippen LogP contribution >= 0.6 is 0 Å². The van der Waals surface area contributed by atoms with E-state index in [4.69, 9.17) is 9.78 Å². The van der Waals surface area contributed by atoms with Crippen LogP contribution in [0.3, 0.4) is 0 Å².